The average molecular weight is 978 g/mol. The SMILES string of the molecule is CCCOCCOCCOCCOCCOCCOCCOCCOCCOCCOCCN(C)Cc1ccc(CN(CCC)C(=O)C2=Cc3sc(CCCCCN(C)C)cc3N=C(N)C2)cc1. The third-order valence-corrected chi connectivity index (χ3v) is 11.6. The van der Waals surface area contributed by atoms with Crippen molar-refractivity contribution in [3.63, 3.8) is 0 Å². The van der Waals surface area contributed by atoms with Gasteiger partial charge in [0, 0.05) is 49.7 Å². The molecule has 0 aliphatic carbocycles. The predicted octanol–water partition coefficient (Wildman–Crippen LogP) is 6.24. The lowest BCUT2D eigenvalue weighted by atomic mass is 10.1. The molecular weight excluding hydrogens is 891 g/mol. The molecule has 2 N–H and O–H groups in total. The topological polar surface area (TPSA) is 157 Å². The Labute approximate surface area is 412 Å². The molecule has 0 saturated heterocycles. The summed E-state index contributed by atoms with van der Waals surface area (Å²) in [6.45, 7) is 19.0. The maximum Gasteiger partial charge on any atom is 0.250 e. The summed E-state index contributed by atoms with van der Waals surface area (Å²) in [6, 6.07) is 10.7. The van der Waals surface area contributed by atoms with Crippen molar-refractivity contribution < 1.29 is 52.2 Å². The lowest BCUT2D eigenvalue weighted by Gasteiger charge is -2.24. The van der Waals surface area contributed by atoms with Crippen LogP contribution in [0.5, 0.6) is 0 Å². The van der Waals surface area contributed by atoms with Crippen LogP contribution in [0, 0.1) is 0 Å². The van der Waals surface area contributed by atoms with Crippen molar-refractivity contribution in [2.24, 2.45) is 10.7 Å². The van der Waals surface area contributed by atoms with Crippen molar-refractivity contribution in [2.45, 2.75) is 71.9 Å². The Morgan fingerprint density at radius 2 is 1.03 bits per heavy atom. The number of amidine groups is 1. The van der Waals surface area contributed by atoms with Crippen LogP contribution in [-0.4, -0.2) is 199 Å². The van der Waals surface area contributed by atoms with Gasteiger partial charge < -0.3 is 62.9 Å². The van der Waals surface area contributed by atoms with Gasteiger partial charge in [-0.15, -0.1) is 11.3 Å². The number of hydrogen-bond acceptors (Lipinski definition) is 16. The number of benzene rings is 1. The van der Waals surface area contributed by atoms with E-state index in [1.807, 2.05) is 11.0 Å². The second-order valence-corrected chi connectivity index (χ2v) is 18.1. The van der Waals surface area contributed by atoms with Gasteiger partial charge in [-0.3, -0.25) is 9.69 Å². The van der Waals surface area contributed by atoms with E-state index >= 15 is 0 Å². The number of aliphatic imine (C=N–C) groups is 1. The number of carbonyl (C=O) groups excluding carboxylic acids is 1. The third kappa shape index (κ3) is 29.3. The molecule has 3 rings (SSSR count). The van der Waals surface area contributed by atoms with Gasteiger partial charge in [-0.05, 0) is 83.1 Å². The second-order valence-electron chi connectivity index (χ2n) is 16.9. The first-order chi connectivity index (χ1) is 33.3. The van der Waals surface area contributed by atoms with E-state index in [2.05, 4.69) is 75.1 Å². The lowest BCUT2D eigenvalue weighted by Crippen LogP contribution is -2.33. The van der Waals surface area contributed by atoms with E-state index < -0.39 is 0 Å². The molecule has 1 aromatic carbocycles. The summed E-state index contributed by atoms with van der Waals surface area (Å²) in [5, 5.41) is 0. The van der Waals surface area contributed by atoms with Crippen molar-refractivity contribution >= 4 is 34.8 Å². The Morgan fingerprint density at radius 3 is 1.49 bits per heavy atom. The van der Waals surface area contributed by atoms with Crippen molar-refractivity contribution in [2.75, 3.05) is 173 Å². The van der Waals surface area contributed by atoms with Crippen LogP contribution in [-0.2, 0) is 71.7 Å². The summed E-state index contributed by atoms with van der Waals surface area (Å²) in [7, 11) is 6.32. The van der Waals surface area contributed by atoms with Gasteiger partial charge >= 0.3 is 0 Å². The number of nitrogens with two attached hydrogens (primary N) is 1. The summed E-state index contributed by atoms with van der Waals surface area (Å²) in [4.78, 5) is 27.4. The van der Waals surface area contributed by atoms with E-state index in [-0.39, 0.29) is 5.91 Å². The number of hydrogen-bond donors (Lipinski definition) is 1. The molecule has 0 fully saturated rings. The van der Waals surface area contributed by atoms with Gasteiger partial charge in [-0.25, -0.2) is 4.99 Å². The molecule has 2 heterocycles. The minimum Gasteiger partial charge on any atom is -0.387 e. The van der Waals surface area contributed by atoms with Gasteiger partial charge in [0.05, 0.1) is 136 Å². The van der Waals surface area contributed by atoms with E-state index in [1.54, 1.807) is 11.3 Å². The molecule has 68 heavy (non-hydrogen) atoms. The molecule has 0 bridgehead atoms. The van der Waals surface area contributed by atoms with E-state index in [1.165, 1.54) is 23.3 Å². The molecule has 1 amide bonds. The predicted molar refractivity (Wildman–Crippen MR) is 271 cm³/mol. The van der Waals surface area contributed by atoms with Crippen LogP contribution < -0.4 is 5.73 Å². The normalized spacial score (nSPS) is 12.8. The first-order valence-electron chi connectivity index (χ1n) is 24.9. The van der Waals surface area contributed by atoms with E-state index in [0.29, 0.717) is 156 Å². The third-order valence-electron chi connectivity index (χ3n) is 10.5. The summed E-state index contributed by atoms with van der Waals surface area (Å²) in [5.74, 6) is 0.510. The zero-order valence-electron chi connectivity index (χ0n) is 42.4. The van der Waals surface area contributed by atoms with Gasteiger partial charge in [0.2, 0.25) is 0 Å². The zero-order chi connectivity index (χ0) is 48.7. The number of aryl methyl sites for hydroxylation is 1. The average Bonchev–Trinajstić information content (AvgIpc) is 3.62. The molecule has 1 aliphatic heterocycles. The molecule has 16 nitrogen and oxygen atoms in total. The molecule has 1 aliphatic rings. The Balaban J connectivity index is 1.13. The van der Waals surface area contributed by atoms with Crippen LogP contribution in [0.3, 0.4) is 0 Å². The number of likely N-dealkylation sites (N-methyl/N-ethyl adjacent to an activating group) is 1. The minimum absolute atomic E-state index is 0.0245. The monoisotopic (exact) mass is 978 g/mol. The van der Waals surface area contributed by atoms with Gasteiger partial charge in [-0.2, -0.15) is 0 Å². The van der Waals surface area contributed by atoms with Crippen LogP contribution in [0.1, 0.15) is 73.3 Å². The number of amides is 1. The fourth-order valence-electron chi connectivity index (χ4n) is 6.93. The zero-order valence-corrected chi connectivity index (χ0v) is 43.2. The number of fused-ring (bicyclic) bond motifs is 1. The van der Waals surface area contributed by atoms with Gasteiger partial charge in [0.1, 0.15) is 5.84 Å². The number of unbranched alkanes of at least 4 members (excludes halogenated alkanes) is 2. The van der Waals surface area contributed by atoms with Crippen LogP contribution in [0.4, 0.5) is 5.69 Å². The summed E-state index contributed by atoms with van der Waals surface area (Å²) >= 11 is 1.73. The number of rotatable bonds is 45. The molecule has 0 atom stereocenters. The Bertz CT molecular complexity index is 1610. The van der Waals surface area contributed by atoms with Crippen molar-refractivity contribution in [1.29, 1.82) is 0 Å². The van der Waals surface area contributed by atoms with Crippen LogP contribution in [0.25, 0.3) is 6.08 Å². The highest BCUT2D eigenvalue weighted by Crippen LogP contribution is 2.35. The van der Waals surface area contributed by atoms with Crippen LogP contribution in [0.2, 0.25) is 0 Å². The highest BCUT2D eigenvalue weighted by atomic mass is 32.1. The van der Waals surface area contributed by atoms with Gasteiger partial charge in [0.25, 0.3) is 5.91 Å². The second kappa shape index (κ2) is 39.8. The number of ether oxygens (including phenoxy) is 10. The molecule has 0 radical (unpaired) electrons. The largest absolute Gasteiger partial charge is 0.387 e. The van der Waals surface area contributed by atoms with Gasteiger partial charge in [0.15, 0.2) is 0 Å². The first-order valence-corrected chi connectivity index (χ1v) is 25.7. The van der Waals surface area contributed by atoms with Crippen molar-refractivity contribution in [3.05, 3.63) is 56.8 Å². The molecule has 2 aromatic rings. The maximum absolute atomic E-state index is 14.0. The maximum atomic E-state index is 14.0. The number of carbonyl (C=O) groups is 1. The van der Waals surface area contributed by atoms with Gasteiger partial charge in [-0.1, -0.05) is 44.5 Å². The van der Waals surface area contributed by atoms with Crippen molar-refractivity contribution in [1.82, 2.24) is 14.7 Å². The Hall–Kier alpha value is -2.88. The fourth-order valence-corrected chi connectivity index (χ4v) is 8.04. The van der Waals surface area contributed by atoms with E-state index in [4.69, 9.17) is 58.1 Å². The minimum atomic E-state index is 0.0245. The van der Waals surface area contributed by atoms with Crippen LogP contribution in [0.15, 0.2) is 40.9 Å². The van der Waals surface area contributed by atoms with Crippen LogP contribution >= 0.6 is 11.3 Å². The summed E-state index contributed by atoms with van der Waals surface area (Å²) in [5.41, 5.74) is 10.3. The molecule has 0 spiro atoms. The molecule has 17 heteroatoms. The summed E-state index contributed by atoms with van der Waals surface area (Å²) < 4.78 is 55.4. The quantitative estimate of drug-likeness (QED) is 0.0744. The highest BCUT2D eigenvalue weighted by Gasteiger charge is 2.23. The molecular formula is C51H87N5O11S. The van der Waals surface area contributed by atoms with E-state index in [0.717, 1.165) is 68.1 Å². The highest BCUT2D eigenvalue weighted by molar-refractivity contribution is 7.13. The Kier molecular flexibility index (Phi) is 34.8. The molecule has 1 aromatic heterocycles. The summed E-state index contributed by atoms with van der Waals surface area (Å²) in [6.07, 6.45) is 8.83. The van der Waals surface area contributed by atoms with Crippen molar-refractivity contribution in [3.8, 4) is 0 Å². The number of nitrogens with zero attached hydrogens (tertiary/aromatic N) is 4. The lowest BCUT2D eigenvalue weighted by molar-refractivity contribution is -0.127. The first kappa shape index (κ1) is 59.4. The van der Waals surface area contributed by atoms with E-state index in [9.17, 15) is 4.79 Å². The number of thiophene rings is 1. The Morgan fingerprint density at radius 1 is 0.574 bits per heavy atom. The molecule has 0 unspecified atom stereocenters. The molecule has 0 saturated carbocycles. The fraction of sp³-hybridized carbons (Fsp3) is 0.725. The standard InChI is InChI=1S/C51H87N5O11S/c1-6-16-56(51(57)46-39-49-48(53-50(52)40-46)41-47(68-49)11-9-8-10-17-54(3)4)43-45-14-12-44(13-15-45)42-55(5)18-20-59-22-24-61-26-28-63-30-32-65-34-36-67-38-37-66-35-33-64-31-29-62-27-25-60-23-21-58-19-7-2/h12-15,39,41H,6-11,16-38,40,42-43H2,1-5H3,(H2,52,53). The molecule has 388 valence electrons. The smallest absolute Gasteiger partial charge is 0.250 e.